The fourth-order valence-corrected chi connectivity index (χ4v) is 2.40. The maximum Gasteiger partial charge on any atom is 0.320 e. The Morgan fingerprint density at radius 3 is 2.46 bits per heavy atom. The number of rotatable bonds is 9. The largest absolute Gasteiger partial charge is 0.480 e. The molecule has 0 saturated heterocycles. The Balaban J connectivity index is 1.99. The zero-order valence-corrected chi connectivity index (χ0v) is 15.0. The van der Waals surface area contributed by atoms with Crippen LogP contribution in [-0.4, -0.2) is 29.6 Å². The van der Waals surface area contributed by atoms with Gasteiger partial charge in [-0.1, -0.05) is 43.2 Å². The van der Waals surface area contributed by atoms with Crippen molar-refractivity contribution in [3.05, 3.63) is 54.1 Å². The van der Waals surface area contributed by atoms with E-state index in [9.17, 15) is 9.59 Å². The average Bonchev–Trinajstić information content (AvgIpc) is 2.62. The maximum absolute atomic E-state index is 12.2. The Labute approximate surface area is 153 Å². The molecule has 138 valence electrons. The SMILES string of the molecule is CCCC(NCC(=O)Nc1ccccc1Oc1ccc(C)cc1)C(=O)O. The number of benzene rings is 2. The Kier molecular flexibility index (Phi) is 7.17. The van der Waals surface area contributed by atoms with Gasteiger partial charge in [-0.3, -0.25) is 14.9 Å². The van der Waals surface area contributed by atoms with Crippen LogP contribution in [0, 0.1) is 6.92 Å². The molecule has 1 unspecified atom stereocenters. The molecule has 0 saturated carbocycles. The zero-order chi connectivity index (χ0) is 18.9. The summed E-state index contributed by atoms with van der Waals surface area (Å²) in [6, 6.07) is 14.0. The van der Waals surface area contributed by atoms with Gasteiger partial charge in [-0.05, 0) is 37.6 Å². The van der Waals surface area contributed by atoms with Crippen molar-refractivity contribution in [1.82, 2.24) is 5.32 Å². The van der Waals surface area contributed by atoms with Crippen LogP contribution >= 0.6 is 0 Å². The molecular formula is C20H24N2O4. The summed E-state index contributed by atoms with van der Waals surface area (Å²) in [5, 5.41) is 14.6. The van der Waals surface area contributed by atoms with Crippen LogP contribution < -0.4 is 15.4 Å². The van der Waals surface area contributed by atoms with Crippen LogP contribution in [0.15, 0.2) is 48.5 Å². The summed E-state index contributed by atoms with van der Waals surface area (Å²) in [4.78, 5) is 23.3. The van der Waals surface area contributed by atoms with Crippen molar-refractivity contribution in [3.8, 4) is 11.5 Å². The number of nitrogens with one attached hydrogen (secondary N) is 2. The third kappa shape index (κ3) is 5.89. The molecule has 0 heterocycles. The number of ether oxygens (including phenoxy) is 1. The van der Waals surface area contributed by atoms with E-state index in [0.29, 0.717) is 23.6 Å². The zero-order valence-electron chi connectivity index (χ0n) is 15.0. The van der Waals surface area contributed by atoms with Gasteiger partial charge in [0.05, 0.1) is 12.2 Å². The number of carboxylic acids is 1. The van der Waals surface area contributed by atoms with Crippen molar-refractivity contribution in [2.24, 2.45) is 0 Å². The minimum Gasteiger partial charge on any atom is -0.480 e. The van der Waals surface area contributed by atoms with Crippen LogP contribution in [0.1, 0.15) is 25.3 Å². The second-order valence-electron chi connectivity index (χ2n) is 6.02. The van der Waals surface area contributed by atoms with Gasteiger partial charge < -0.3 is 15.2 Å². The first-order chi connectivity index (χ1) is 12.5. The standard InChI is InChI=1S/C20H24N2O4/c1-3-6-17(20(24)25)21-13-19(23)22-16-7-4-5-8-18(16)26-15-11-9-14(2)10-12-15/h4-5,7-12,17,21H,3,6,13H2,1-2H3,(H,22,23)(H,24,25). The first kappa shape index (κ1) is 19.5. The van der Waals surface area contributed by atoms with E-state index in [1.807, 2.05) is 44.2 Å². The number of aliphatic carboxylic acids is 1. The van der Waals surface area contributed by atoms with Gasteiger partial charge in [0.2, 0.25) is 5.91 Å². The molecule has 0 radical (unpaired) electrons. The molecule has 0 aromatic heterocycles. The molecule has 2 aromatic carbocycles. The highest BCUT2D eigenvalue weighted by Crippen LogP contribution is 2.29. The highest BCUT2D eigenvalue weighted by Gasteiger charge is 2.17. The van der Waals surface area contributed by atoms with E-state index in [0.717, 1.165) is 12.0 Å². The third-order valence-electron chi connectivity index (χ3n) is 3.79. The first-order valence-electron chi connectivity index (χ1n) is 8.59. The van der Waals surface area contributed by atoms with Gasteiger partial charge in [-0.25, -0.2) is 0 Å². The number of aryl methyl sites for hydroxylation is 1. The van der Waals surface area contributed by atoms with Crippen LogP contribution in [0.4, 0.5) is 5.69 Å². The average molecular weight is 356 g/mol. The van der Waals surface area contributed by atoms with E-state index < -0.39 is 12.0 Å². The maximum atomic E-state index is 12.2. The van der Waals surface area contributed by atoms with Gasteiger partial charge in [0.25, 0.3) is 0 Å². The van der Waals surface area contributed by atoms with Gasteiger partial charge in [0.1, 0.15) is 11.8 Å². The molecule has 6 heteroatoms. The Morgan fingerprint density at radius 2 is 1.81 bits per heavy atom. The van der Waals surface area contributed by atoms with Crippen LogP contribution in [0.25, 0.3) is 0 Å². The highest BCUT2D eigenvalue weighted by atomic mass is 16.5. The molecule has 0 spiro atoms. The molecule has 2 aromatic rings. The summed E-state index contributed by atoms with van der Waals surface area (Å²) in [6.07, 6.45) is 1.19. The molecule has 6 nitrogen and oxygen atoms in total. The van der Waals surface area contributed by atoms with E-state index in [4.69, 9.17) is 9.84 Å². The number of carbonyl (C=O) groups is 2. The number of carboxylic acid groups (broad SMARTS) is 1. The van der Waals surface area contributed by atoms with Crippen molar-refractivity contribution in [2.45, 2.75) is 32.7 Å². The summed E-state index contributed by atoms with van der Waals surface area (Å²) in [7, 11) is 0. The number of hydrogen-bond donors (Lipinski definition) is 3. The highest BCUT2D eigenvalue weighted by molar-refractivity contribution is 5.94. The van der Waals surface area contributed by atoms with Crippen LogP contribution in [-0.2, 0) is 9.59 Å². The van der Waals surface area contributed by atoms with Crippen molar-refractivity contribution in [3.63, 3.8) is 0 Å². The smallest absolute Gasteiger partial charge is 0.320 e. The van der Waals surface area contributed by atoms with E-state index in [2.05, 4.69) is 10.6 Å². The van der Waals surface area contributed by atoms with Crippen molar-refractivity contribution >= 4 is 17.6 Å². The fourth-order valence-electron chi connectivity index (χ4n) is 2.40. The number of hydrogen-bond acceptors (Lipinski definition) is 4. The van der Waals surface area contributed by atoms with Gasteiger partial charge in [0.15, 0.2) is 5.75 Å². The van der Waals surface area contributed by atoms with Crippen LogP contribution in [0.3, 0.4) is 0 Å². The topological polar surface area (TPSA) is 87.7 Å². The summed E-state index contributed by atoms with van der Waals surface area (Å²) in [5.41, 5.74) is 1.66. The molecule has 0 fully saturated rings. The molecule has 0 aliphatic rings. The van der Waals surface area contributed by atoms with Crippen LogP contribution in [0.2, 0.25) is 0 Å². The summed E-state index contributed by atoms with van der Waals surface area (Å²) in [5.74, 6) is -0.0904. The Bertz CT molecular complexity index is 744. The lowest BCUT2D eigenvalue weighted by atomic mass is 10.1. The molecule has 0 aliphatic heterocycles. The lowest BCUT2D eigenvalue weighted by molar-refractivity contribution is -0.139. The molecule has 3 N–H and O–H groups in total. The summed E-state index contributed by atoms with van der Waals surface area (Å²) < 4.78 is 5.84. The van der Waals surface area contributed by atoms with E-state index >= 15 is 0 Å². The van der Waals surface area contributed by atoms with Gasteiger partial charge in [-0.15, -0.1) is 0 Å². The van der Waals surface area contributed by atoms with Crippen molar-refractivity contribution < 1.29 is 19.4 Å². The van der Waals surface area contributed by atoms with Gasteiger partial charge in [0, 0.05) is 0 Å². The normalized spacial score (nSPS) is 11.6. The monoisotopic (exact) mass is 356 g/mol. The molecular weight excluding hydrogens is 332 g/mol. The molecule has 26 heavy (non-hydrogen) atoms. The van der Waals surface area contributed by atoms with Crippen LogP contribution in [0.5, 0.6) is 11.5 Å². The fraction of sp³-hybridized carbons (Fsp3) is 0.300. The van der Waals surface area contributed by atoms with Crippen molar-refractivity contribution in [1.29, 1.82) is 0 Å². The Hall–Kier alpha value is -2.86. The number of amides is 1. The Morgan fingerprint density at radius 1 is 1.12 bits per heavy atom. The predicted molar refractivity (Wildman–Crippen MR) is 101 cm³/mol. The predicted octanol–water partition coefficient (Wildman–Crippen LogP) is 3.57. The number of para-hydroxylation sites is 2. The van der Waals surface area contributed by atoms with E-state index in [-0.39, 0.29) is 12.5 Å². The van der Waals surface area contributed by atoms with Gasteiger partial charge >= 0.3 is 5.97 Å². The molecule has 1 atom stereocenters. The minimum atomic E-state index is -0.956. The van der Waals surface area contributed by atoms with Crippen molar-refractivity contribution in [2.75, 3.05) is 11.9 Å². The first-order valence-corrected chi connectivity index (χ1v) is 8.59. The molecule has 0 bridgehead atoms. The second-order valence-corrected chi connectivity index (χ2v) is 6.02. The lowest BCUT2D eigenvalue weighted by Gasteiger charge is -2.15. The second kappa shape index (κ2) is 9.58. The third-order valence-corrected chi connectivity index (χ3v) is 3.79. The molecule has 0 aliphatic carbocycles. The minimum absolute atomic E-state index is 0.0875. The summed E-state index contributed by atoms with van der Waals surface area (Å²) >= 11 is 0. The van der Waals surface area contributed by atoms with E-state index in [1.165, 1.54) is 0 Å². The molecule has 2 rings (SSSR count). The summed E-state index contributed by atoms with van der Waals surface area (Å²) in [6.45, 7) is 3.81. The van der Waals surface area contributed by atoms with E-state index in [1.54, 1.807) is 18.2 Å². The lowest BCUT2D eigenvalue weighted by Crippen LogP contribution is -2.41. The quantitative estimate of drug-likeness (QED) is 0.639. The van der Waals surface area contributed by atoms with Gasteiger partial charge in [-0.2, -0.15) is 0 Å². The number of carbonyl (C=O) groups excluding carboxylic acids is 1. The molecule has 1 amide bonds. The number of anilines is 1.